The molecule has 10 heavy (non-hydrogen) atoms. The van der Waals surface area contributed by atoms with Crippen LogP contribution in [0.4, 0.5) is 0 Å². The molecule has 0 bridgehead atoms. The SMILES string of the molecule is CCn1cncc1CCO. The van der Waals surface area contributed by atoms with Gasteiger partial charge in [-0.2, -0.15) is 0 Å². The van der Waals surface area contributed by atoms with E-state index in [1.54, 1.807) is 12.5 Å². The van der Waals surface area contributed by atoms with Crippen LogP contribution in [-0.2, 0) is 13.0 Å². The van der Waals surface area contributed by atoms with E-state index in [1.165, 1.54) is 0 Å². The Hall–Kier alpha value is -0.830. The van der Waals surface area contributed by atoms with Crippen molar-refractivity contribution in [1.82, 2.24) is 9.55 Å². The largest absolute Gasteiger partial charge is 0.396 e. The van der Waals surface area contributed by atoms with Crippen molar-refractivity contribution in [3.63, 3.8) is 0 Å². The summed E-state index contributed by atoms with van der Waals surface area (Å²) >= 11 is 0. The van der Waals surface area contributed by atoms with Crippen LogP contribution in [0.3, 0.4) is 0 Å². The maximum absolute atomic E-state index is 8.62. The molecule has 0 aromatic carbocycles. The molecule has 1 N–H and O–H groups in total. The van der Waals surface area contributed by atoms with Crippen molar-refractivity contribution in [2.75, 3.05) is 6.61 Å². The predicted octanol–water partition coefficient (Wildman–Crippen LogP) is 0.438. The van der Waals surface area contributed by atoms with Crippen LogP contribution in [-0.4, -0.2) is 21.3 Å². The maximum Gasteiger partial charge on any atom is 0.0948 e. The third-order valence-corrected chi connectivity index (χ3v) is 1.51. The van der Waals surface area contributed by atoms with Gasteiger partial charge < -0.3 is 9.67 Å². The summed E-state index contributed by atoms with van der Waals surface area (Å²) in [5.41, 5.74) is 1.10. The second kappa shape index (κ2) is 3.37. The van der Waals surface area contributed by atoms with E-state index in [-0.39, 0.29) is 6.61 Å². The lowest BCUT2D eigenvalue weighted by atomic mass is 10.3. The summed E-state index contributed by atoms with van der Waals surface area (Å²) in [5.74, 6) is 0. The monoisotopic (exact) mass is 140 g/mol. The van der Waals surface area contributed by atoms with Gasteiger partial charge in [-0.3, -0.25) is 0 Å². The Bertz CT molecular complexity index is 195. The smallest absolute Gasteiger partial charge is 0.0948 e. The first kappa shape index (κ1) is 7.28. The van der Waals surface area contributed by atoms with Gasteiger partial charge in [0.15, 0.2) is 0 Å². The Morgan fingerprint density at radius 3 is 3.10 bits per heavy atom. The van der Waals surface area contributed by atoms with Gasteiger partial charge in [0, 0.05) is 31.5 Å². The Morgan fingerprint density at radius 1 is 1.70 bits per heavy atom. The fraction of sp³-hybridized carbons (Fsp3) is 0.571. The molecule has 0 spiro atoms. The summed E-state index contributed by atoms with van der Waals surface area (Å²) in [6.45, 7) is 3.18. The quantitative estimate of drug-likeness (QED) is 0.661. The predicted molar refractivity (Wildman–Crippen MR) is 38.7 cm³/mol. The summed E-state index contributed by atoms with van der Waals surface area (Å²) in [6.07, 6.45) is 4.28. The average Bonchev–Trinajstić information content (AvgIpc) is 2.36. The summed E-state index contributed by atoms with van der Waals surface area (Å²) < 4.78 is 2.02. The molecular formula is C7H12N2O. The van der Waals surface area contributed by atoms with Crippen LogP contribution in [0.25, 0.3) is 0 Å². The molecule has 56 valence electrons. The van der Waals surface area contributed by atoms with Gasteiger partial charge in [-0.1, -0.05) is 0 Å². The lowest BCUT2D eigenvalue weighted by Crippen LogP contribution is -2.00. The van der Waals surface area contributed by atoms with Crippen molar-refractivity contribution in [2.24, 2.45) is 0 Å². The Balaban J connectivity index is 2.70. The molecule has 1 rings (SSSR count). The number of rotatable bonds is 3. The van der Waals surface area contributed by atoms with E-state index in [9.17, 15) is 0 Å². The fourth-order valence-corrected chi connectivity index (χ4v) is 0.956. The van der Waals surface area contributed by atoms with Gasteiger partial charge in [-0.05, 0) is 6.92 Å². The number of hydrogen-bond acceptors (Lipinski definition) is 2. The van der Waals surface area contributed by atoms with Crippen LogP contribution in [0.2, 0.25) is 0 Å². The number of imidazole rings is 1. The van der Waals surface area contributed by atoms with Crippen molar-refractivity contribution in [2.45, 2.75) is 19.9 Å². The maximum atomic E-state index is 8.62. The van der Waals surface area contributed by atoms with E-state index in [2.05, 4.69) is 11.9 Å². The van der Waals surface area contributed by atoms with Crippen LogP contribution in [0.15, 0.2) is 12.5 Å². The van der Waals surface area contributed by atoms with Gasteiger partial charge in [-0.25, -0.2) is 4.98 Å². The molecule has 0 aliphatic heterocycles. The van der Waals surface area contributed by atoms with Gasteiger partial charge in [0.1, 0.15) is 0 Å². The molecular weight excluding hydrogens is 128 g/mol. The number of nitrogens with zero attached hydrogens (tertiary/aromatic N) is 2. The highest BCUT2D eigenvalue weighted by Gasteiger charge is 1.96. The fourth-order valence-electron chi connectivity index (χ4n) is 0.956. The van der Waals surface area contributed by atoms with Crippen LogP contribution >= 0.6 is 0 Å². The highest BCUT2D eigenvalue weighted by molar-refractivity contribution is 4.97. The minimum atomic E-state index is 0.200. The second-order valence-electron chi connectivity index (χ2n) is 2.14. The molecule has 0 amide bonds. The molecule has 3 heteroatoms. The molecule has 0 radical (unpaired) electrons. The topological polar surface area (TPSA) is 38.0 Å². The number of aromatic nitrogens is 2. The normalized spacial score (nSPS) is 10.2. The van der Waals surface area contributed by atoms with E-state index in [0.717, 1.165) is 12.2 Å². The first-order valence-electron chi connectivity index (χ1n) is 3.48. The zero-order chi connectivity index (χ0) is 7.40. The highest BCUT2D eigenvalue weighted by Crippen LogP contribution is 1.98. The third-order valence-electron chi connectivity index (χ3n) is 1.51. The van der Waals surface area contributed by atoms with E-state index < -0.39 is 0 Å². The second-order valence-corrected chi connectivity index (χ2v) is 2.14. The van der Waals surface area contributed by atoms with Gasteiger partial charge in [0.2, 0.25) is 0 Å². The van der Waals surface area contributed by atoms with Crippen molar-refractivity contribution in [1.29, 1.82) is 0 Å². The van der Waals surface area contributed by atoms with Gasteiger partial charge in [0.25, 0.3) is 0 Å². The number of aliphatic hydroxyl groups excluding tert-OH is 1. The molecule has 1 heterocycles. The molecule has 0 saturated heterocycles. The van der Waals surface area contributed by atoms with Crippen molar-refractivity contribution in [3.8, 4) is 0 Å². The molecule has 0 saturated carbocycles. The van der Waals surface area contributed by atoms with Crippen LogP contribution in [0.5, 0.6) is 0 Å². The molecule has 0 unspecified atom stereocenters. The molecule has 0 aliphatic rings. The summed E-state index contributed by atoms with van der Waals surface area (Å²) in [6, 6.07) is 0. The average molecular weight is 140 g/mol. The zero-order valence-electron chi connectivity index (χ0n) is 6.12. The lowest BCUT2D eigenvalue weighted by molar-refractivity contribution is 0.296. The molecule has 0 fully saturated rings. The van der Waals surface area contributed by atoms with E-state index in [4.69, 9.17) is 5.11 Å². The number of aliphatic hydroxyl groups is 1. The lowest BCUT2D eigenvalue weighted by Gasteiger charge is -2.00. The van der Waals surface area contributed by atoms with E-state index in [1.807, 2.05) is 4.57 Å². The zero-order valence-corrected chi connectivity index (χ0v) is 6.12. The Morgan fingerprint density at radius 2 is 2.50 bits per heavy atom. The molecule has 0 aliphatic carbocycles. The molecule has 3 nitrogen and oxygen atoms in total. The summed E-state index contributed by atoms with van der Waals surface area (Å²) in [7, 11) is 0. The van der Waals surface area contributed by atoms with Crippen molar-refractivity contribution >= 4 is 0 Å². The van der Waals surface area contributed by atoms with Crippen molar-refractivity contribution < 1.29 is 5.11 Å². The molecule has 1 aromatic rings. The van der Waals surface area contributed by atoms with Gasteiger partial charge in [0.05, 0.1) is 6.33 Å². The minimum Gasteiger partial charge on any atom is -0.396 e. The van der Waals surface area contributed by atoms with Crippen LogP contribution < -0.4 is 0 Å². The standard InChI is InChI=1S/C7H12N2O/c1-2-9-6-8-5-7(9)3-4-10/h5-6,10H,2-4H2,1H3. The first-order chi connectivity index (χ1) is 4.88. The molecule has 0 atom stereocenters. The van der Waals surface area contributed by atoms with Crippen molar-refractivity contribution in [3.05, 3.63) is 18.2 Å². The minimum absolute atomic E-state index is 0.200. The summed E-state index contributed by atoms with van der Waals surface area (Å²) in [4.78, 5) is 3.96. The van der Waals surface area contributed by atoms with Crippen LogP contribution in [0, 0.1) is 0 Å². The first-order valence-corrected chi connectivity index (χ1v) is 3.48. The molecule has 1 aromatic heterocycles. The summed E-state index contributed by atoms with van der Waals surface area (Å²) in [5, 5.41) is 8.62. The Kier molecular flexibility index (Phi) is 2.45. The van der Waals surface area contributed by atoms with Gasteiger partial charge >= 0.3 is 0 Å². The number of hydrogen-bond donors (Lipinski definition) is 1. The Labute approximate surface area is 60.3 Å². The van der Waals surface area contributed by atoms with Gasteiger partial charge in [-0.15, -0.1) is 0 Å². The highest BCUT2D eigenvalue weighted by atomic mass is 16.3. The third kappa shape index (κ3) is 1.36. The van der Waals surface area contributed by atoms with Crippen LogP contribution in [0.1, 0.15) is 12.6 Å². The van der Waals surface area contributed by atoms with E-state index >= 15 is 0 Å². The van der Waals surface area contributed by atoms with E-state index in [0.29, 0.717) is 6.42 Å². The number of aryl methyl sites for hydroxylation is 1.